The molecule has 2 aromatic rings. The van der Waals surface area contributed by atoms with Gasteiger partial charge in [-0.05, 0) is 32.4 Å². The molecule has 0 spiro atoms. The van der Waals surface area contributed by atoms with E-state index >= 15 is 0 Å². The lowest BCUT2D eigenvalue weighted by atomic mass is 10.2. The minimum absolute atomic E-state index is 0.288. The third-order valence-corrected chi connectivity index (χ3v) is 3.35. The number of hydrogen-bond acceptors (Lipinski definition) is 4. The zero-order chi connectivity index (χ0) is 15.7. The molecule has 3 heterocycles. The number of carbonyl (C=O) groups excluding carboxylic acids is 1. The van der Waals surface area contributed by atoms with Crippen LogP contribution in [0, 0.1) is 0 Å². The second-order valence-electron chi connectivity index (χ2n) is 6.50. The van der Waals surface area contributed by atoms with Crippen LogP contribution in [0.2, 0.25) is 0 Å². The number of aromatic nitrogens is 3. The third-order valence-electron chi connectivity index (χ3n) is 3.35. The average molecular weight is 300 g/mol. The Morgan fingerprint density at radius 2 is 2.18 bits per heavy atom. The quantitative estimate of drug-likeness (QED) is 0.855. The first kappa shape index (κ1) is 14.6. The van der Waals surface area contributed by atoms with Crippen molar-refractivity contribution < 1.29 is 9.53 Å². The molecule has 1 aliphatic rings. The fraction of sp³-hybridized carbons (Fsp3) is 0.438. The molecule has 0 aromatic carbocycles. The van der Waals surface area contributed by atoms with Gasteiger partial charge in [0.05, 0.1) is 25.3 Å². The molecule has 1 amide bonds. The predicted molar refractivity (Wildman–Crippen MR) is 81.0 cm³/mol. The molecule has 0 bridgehead atoms. The maximum absolute atomic E-state index is 12.1. The van der Waals surface area contributed by atoms with Crippen LogP contribution >= 0.6 is 0 Å². The van der Waals surface area contributed by atoms with Crippen LogP contribution in [0.4, 0.5) is 4.79 Å². The van der Waals surface area contributed by atoms with E-state index in [4.69, 9.17) is 4.74 Å². The van der Waals surface area contributed by atoms with E-state index in [1.165, 1.54) is 0 Å². The SMILES string of the molecule is CC(C)(C)OC(=O)N1Cc2cn(Cc3cccnc3)nc2C1. The van der Waals surface area contributed by atoms with Gasteiger partial charge in [-0.25, -0.2) is 4.79 Å². The largest absolute Gasteiger partial charge is 0.444 e. The lowest BCUT2D eigenvalue weighted by Crippen LogP contribution is -2.33. The van der Waals surface area contributed by atoms with Crippen LogP contribution in [-0.2, 0) is 24.4 Å². The van der Waals surface area contributed by atoms with Crippen LogP contribution in [0.5, 0.6) is 0 Å². The summed E-state index contributed by atoms with van der Waals surface area (Å²) in [5.74, 6) is 0. The summed E-state index contributed by atoms with van der Waals surface area (Å²) in [6.45, 7) is 7.35. The molecular formula is C16H20N4O2. The Morgan fingerprint density at radius 1 is 1.36 bits per heavy atom. The van der Waals surface area contributed by atoms with Crippen molar-refractivity contribution in [3.8, 4) is 0 Å². The molecule has 2 aromatic heterocycles. The summed E-state index contributed by atoms with van der Waals surface area (Å²) in [5.41, 5.74) is 2.65. The monoisotopic (exact) mass is 300 g/mol. The molecule has 0 fully saturated rings. The molecule has 0 saturated carbocycles. The second-order valence-corrected chi connectivity index (χ2v) is 6.50. The molecule has 22 heavy (non-hydrogen) atoms. The number of fused-ring (bicyclic) bond motifs is 1. The topological polar surface area (TPSA) is 60.2 Å². The summed E-state index contributed by atoms with van der Waals surface area (Å²) < 4.78 is 7.29. The Morgan fingerprint density at radius 3 is 2.82 bits per heavy atom. The molecule has 1 aliphatic heterocycles. The standard InChI is InChI=1S/C16H20N4O2/c1-16(2,3)22-15(21)19-9-13-10-20(18-14(13)11-19)8-12-5-4-6-17-7-12/h4-7,10H,8-9,11H2,1-3H3. The highest BCUT2D eigenvalue weighted by Gasteiger charge is 2.29. The number of carbonyl (C=O) groups is 1. The van der Waals surface area contributed by atoms with Gasteiger partial charge < -0.3 is 4.74 Å². The Kier molecular flexibility index (Phi) is 3.60. The van der Waals surface area contributed by atoms with Crippen LogP contribution in [0.15, 0.2) is 30.7 Å². The van der Waals surface area contributed by atoms with E-state index in [2.05, 4.69) is 10.1 Å². The molecule has 0 aliphatic carbocycles. The highest BCUT2D eigenvalue weighted by molar-refractivity contribution is 5.69. The predicted octanol–water partition coefficient (Wildman–Crippen LogP) is 2.58. The van der Waals surface area contributed by atoms with Gasteiger partial charge in [-0.1, -0.05) is 6.07 Å². The number of amides is 1. The molecule has 0 unspecified atom stereocenters. The summed E-state index contributed by atoms with van der Waals surface area (Å²) in [6, 6.07) is 3.93. The summed E-state index contributed by atoms with van der Waals surface area (Å²) in [6.07, 6.45) is 5.29. The first-order valence-corrected chi connectivity index (χ1v) is 7.33. The molecule has 3 rings (SSSR count). The van der Waals surface area contributed by atoms with Gasteiger partial charge in [0.15, 0.2) is 0 Å². The average Bonchev–Trinajstić information content (AvgIpc) is 2.96. The van der Waals surface area contributed by atoms with Crippen molar-refractivity contribution in [2.75, 3.05) is 0 Å². The number of hydrogen-bond donors (Lipinski definition) is 0. The van der Waals surface area contributed by atoms with Crippen molar-refractivity contribution in [3.05, 3.63) is 47.5 Å². The van der Waals surface area contributed by atoms with Crippen LogP contribution in [0.1, 0.15) is 37.6 Å². The second kappa shape index (κ2) is 5.44. The fourth-order valence-corrected chi connectivity index (χ4v) is 2.43. The van der Waals surface area contributed by atoms with Gasteiger partial charge in [0.2, 0.25) is 0 Å². The normalized spacial score (nSPS) is 14.0. The highest BCUT2D eigenvalue weighted by atomic mass is 16.6. The van der Waals surface area contributed by atoms with E-state index in [9.17, 15) is 4.79 Å². The lowest BCUT2D eigenvalue weighted by molar-refractivity contribution is 0.0239. The van der Waals surface area contributed by atoms with Gasteiger partial charge in [-0.3, -0.25) is 14.6 Å². The van der Waals surface area contributed by atoms with Crippen LogP contribution in [-0.4, -0.2) is 31.4 Å². The van der Waals surface area contributed by atoms with Crippen molar-refractivity contribution in [2.45, 2.75) is 46.0 Å². The van der Waals surface area contributed by atoms with Gasteiger partial charge in [0.1, 0.15) is 5.60 Å². The summed E-state index contributed by atoms with van der Waals surface area (Å²) in [5, 5.41) is 4.55. The smallest absolute Gasteiger partial charge is 0.410 e. The zero-order valence-electron chi connectivity index (χ0n) is 13.1. The molecule has 0 saturated heterocycles. The molecule has 0 radical (unpaired) electrons. The molecular weight excluding hydrogens is 280 g/mol. The summed E-state index contributed by atoms with van der Waals surface area (Å²) in [4.78, 5) is 17.8. The fourth-order valence-electron chi connectivity index (χ4n) is 2.43. The highest BCUT2D eigenvalue weighted by Crippen LogP contribution is 2.23. The Balaban J connectivity index is 1.64. The minimum Gasteiger partial charge on any atom is -0.444 e. The summed E-state index contributed by atoms with van der Waals surface area (Å²) in [7, 11) is 0. The zero-order valence-corrected chi connectivity index (χ0v) is 13.1. The van der Waals surface area contributed by atoms with Crippen molar-refractivity contribution in [1.29, 1.82) is 0 Å². The van der Waals surface area contributed by atoms with Crippen molar-refractivity contribution >= 4 is 6.09 Å². The summed E-state index contributed by atoms with van der Waals surface area (Å²) >= 11 is 0. The Bertz CT molecular complexity index is 650. The van der Waals surface area contributed by atoms with E-state index in [-0.39, 0.29) is 6.09 Å². The van der Waals surface area contributed by atoms with Gasteiger partial charge in [0, 0.05) is 24.2 Å². The van der Waals surface area contributed by atoms with Crippen molar-refractivity contribution in [3.63, 3.8) is 0 Å². The number of rotatable bonds is 2. The maximum atomic E-state index is 12.1. The number of pyridine rings is 1. The molecule has 0 atom stereocenters. The van der Waals surface area contributed by atoms with E-state index in [0.29, 0.717) is 19.6 Å². The molecule has 116 valence electrons. The van der Waals surface area contributed by atoms with E-state index in [1.807, 2.05) is 50.0 Å². The van der Waals surface area contributed by atoms with Crippen molar-refractivity contribution in [2.24, 2.45) is 0 Å². The Hall–Kier alpha value is -2.37. The van der Waals surface area contributed by atoms with Gasteiger partial charge in [0.25, 0.3) is 0 Å². The van der Waals surface area contributed by atoms with Crippen molar-refractivity contribution in [1.82, 2.24) is 19.7 Å². The van der Waals surface area contributed by atoms with Gasteiger partial charge in [-0.15, -0.1) is 0 Å². The molecule has 6 heteroatoms. The van der Waals surface area contributed by atoms with Crippen LogP contribution < -0.4 is 0 Å². The van der Waals surface area contributed by atoms with Crippen LogP contribution in [0.3, 0.4) is 0 Å². The first-order chi connectivity index (χ1) is 10.4. The third kappa shape index (κ3) is 3.27. The van der Waals surface area contributed by atoms with E-state index < -0.39 is 5.60 Å². The van der Waals surface area contributed by atoms with Crippen LogP contribution in [0.25, 0.3) is 0 Å². The number of nitrogens with zero attached hydrogens (tertiary/aromatic N) is 4. The molecule has 6 nitrogen and oxygen atoms in total. The van der Waals surface area contributed by atoms with E-state index in [1.54, 1.807) is 11.1 Å². The number of ether oxygens (including phenoxy) is 1. The van der Waals surface area contributed by atoms with Gasteiger partial charge >= 0.3 is 6.09 Å². The lowest BCUT2D eigenvalue weighted by Gasteiger charge is -2.24. The minimum atomic E-state index is -0.475. The maximum Gasteiger partial charge on any atom is 0.410 e. The molecule has 0 N–H and O–H groups in total. The first-order valence-electron chi connectivity index (χ1n) is 7.33. The van der Waals surface area contributed by atoms with E-state index in [0.717, 1.165) is 16.8 Å². The van der Waals surface area contributed by atoms with Gasteiger partial charge in [-0.2, -0.15) is 5.10 Å². The Labute approximate surface area is 129 Å².